The van der Waals surface area contributed by atoms with Gasteiger partial charge in [-0.2, -0.15) is 0 Å². The van der Waals surface area contributed by atoms with Gasteiger partial charge in [0.25, 0.3) is 0 Å². The lowest BCUT2D eigenvalue weighted by molar-refractivity contribution is -0.122. The van der Waals surface area contributed by atoms with Crippen LogP contribution < -0.4 is 11.1 Å². The van der Waals surface area contributed by atoms with Crippen LogP contribution in [0.5, 0.6) is 0 Å². The maximum absolute atomic E-state index is 11.7. The Kier molecular flexibility index (Phi) is 5.10. The number of amides is 1. The van der Waals surface area contributed by atoms with Gasteiger partial charge in [-0.15, -0.1) is 0 Å². The van der Waals surface area contributed by atoms with Crippen molar-refractivity contribution in [2.45, 2.75) is 39.8 Å². The first-order chi connectivity index (χ1) is 8.00. The fourth-order valence-electron chi connectivity index (χ4n) is 1.61. The molecule has 0 aliphatic carbocycles. The van der Waals surface area contributed by atoms with Gasteiger partial charge in [-0.3, -0.25) is 9.78 Å². The second kappa shape index (κ2) is 6.35. The van der Waals surface area contributed by atoms with Crippen molar-refractivity contribution >= 4 is 5.91 Å². The van der Waals surface area contributed by atoms with Crippen molar-refractivity contribution in [3.63, 3.8) is 0 Å². The molecule has 4 nitrogen and oxygen atoms in total. The summed E-state index contributed by atoms with van der Waals surface area (Å²) in [5.74, 6) is 0.331. The van der Waals surface area contributed by atoms with Crippen LogP contribution >= 0.6 is 0 Å². The average Bonchev–Trinajstić information content (AvgIpc) is 2.26. The first kappa shape index (κ1) is 13.6. The Morgan fingerprint density at radius 1 is 1.53 bits per heavy atom. The highest BCUT2D eigenvalue weighted by molar-refractivity contribution is 5.81. The zero-order valence-corrected chi connectivity index (χ0v) is 10.7. The van der Waals surface area contributed by atoms with Gasteiger partial charge in [-0.05, 0) is 36.5 Å². The summed E-state index contributed by atoms with van der Waals surface area (Å²) in [6.07, 6.45) is 4.21. The van der Waals surface area contributed by atoms with Crippen LogP contribution in [0.15, 0.2) is 18.5 Å². The summed E-state index contributed by atoms with van der Waals surface area (Å²) in [5, 5.41) is 2.84. The summed E-state index contributed by atoms with van der Waals surface area (Å²) >= 11 is 0. The van der Waals surface area contributed by atoms with Crippen molar-refractivity contribution < 1.29 is 4.79 Å². The minimum atomic E-state index is -0.424. The summed E-state index contributed by atoms with van der Waals surface area (Å²) < 4.78 is 0. The van der Waals surface area contributed by atoms with E-state index in [0.717, 1.165) is 11.1 Å². The number of carbonyl (C=O) groups excluding carboxylic acids is 1. The van der Waals surface area contributed by atoms with Crippen molar-refractivity contribution in [2.75, 3.05) is 0 Å². The molecule has 94 valence electrons. The Labute approximate surface area is 103 Å². The number of nitrogens with two attached hydrogens (primary N) is 1. The van der Waals surface area contributed by atoms with E-state index in [1.807, 2.05) is 13.0 Å². The monoisotopic (exact) mass is 235 g/mol. The smallest absolute Gasteiger partial charge is 0.237 e. The Bertz CT molecular complexity index is 377. The number of aryl methyl sites for hydroxylation is 1. The molecule has 0 saturated heterocycles. The zero-order chi connectivity index (χ0) is 12.8. The Morgan fingerprint density at radius 2 is 2.24 bits per heavy atom. The highest BCUT2D eigenvalue weighted by Gasteiger charge is 2.14. The van der Waals surface area contributed by atoms with Gasteiger partial charge in [0.1, 0.15) is 0 Å². The molecule has 0 fully saturated rings. The second-order valence-electron chi connectivity index (χ2n) is 4.76. The quantitative estimate of drug-likeness (QED) is 0.810. The molecule has 4 heteroatoms. The Balaban J connectivity index is 2.46. The van der Waals surface area contributed by atoms with Crippen molar-refractivity contribution in [1.29, 1.82) is 0 Å². The molecule has 0 aliphatic heterocycles. The topological polar surface area (TPSA) is 68.0 Å². The number of aromatic nitrogens is 1. The first-order valence-electron chi connectivity index (χ1n) is 5.93. The molecule has 0 bridgehead atoms. The number of hydrogen-bond donors (Lipinski definition) is 2. The van der Waals surface area contributed by atoms with E-state index >= 15 is 0 Å². The standard InChI is InChI=1S/C13H21N3O/c1-9(2)6-12(14)13(17)16-8-11-7-15-5-4-10(11)3/h4-5,7,9,12H,6,8,14H2,1-3H3,(H,16,17)/t12-/m0/s1. The third-order valence-corrected chi connectivity index (χ3v) is 2.66. The fourth-order valence-corrected chi connectivity index (χ4v) is 1.61. The molecule has 0 spiro atoms. The van der Waals surface area contributed by atoms with Crippen LogP contribution in [0.2, 0.25) is 0 Å². The lowest BCUT2D eigenvalue weighted by Gasteiger charge is -2.14. The fraction of sp³-hybridized carbons (Fsp3) is 0.538. The summed E-state index contributed by atoms with van der Waals surface area (Å²) in [4.78, 5) is 15.7. The number of carbonyl (C=O) groups is 1. The molecule has 0 saturated carbocycles. The normalized spacial score (nSPS) is 12.5. The SMILES string of the molecule is Cc1ccncc1CNC(=O)[C@@H](N)CC(C)C. The van der Waals surface area contributed by atoms with Gasteiger partial charge in [0.05, 0.1) is 6.04 Å². The molecule has 1 aromatic heterocycles. The van der Waals surface area contributed by atoms with E-state index in [1.54, 1.807) is 12.4 Å². The third kappa shape index (κ3) is 4.53. The molecule has 1 rings (SSSR count). The molecular weight excluding hydrogens is 214 g/mol. The minimum Gasteiger partial charge on any atom is -0.351 e. The number of nitrogens with one attached hydrogen (secondary N) is 1. The second-order valence-corrected chi connectivity index (χ2v) is 4.76. The number of rotatable bonds is 5. The van der Waals surface area contributed by atoms with E-state index in [4.69, 9.17) is 5.73 Å². The van der Waals surface area contributed by atoms with Gasteiger partial charge < -0.3 is 11.1 Å². The van der Waals surface area contributed by atoms with E-state index in [-0.39, 0.29) is 5.91 Å². The van der Waals surface area contributed by atoms with Gasteiger partial charge in [0, 0.05) is 18.9 Å². The molecule has 0 aliphatic rings. The molecule has 1 atom stereocenters. The number of nitrogens with zero attached hydrogens (tertiary/aromatic N) is 1. The molecular formula is C13H21N3O. The maximum Gasteiger partial charge on any atom is 0.237 e. The van der Waals surface area contributed by atoms with Crippen molar-refractivity contribution in [1.82, 2.24) is 10.3 Å². The highest BCUT2D eigenvalue weighted by atomic mass is 16.2. The lowest BCUT2D eigenvalue weighted by Crippen LogP contribution is -2.41. The van der Waals surface area contributed by atoms with E-state index < -0.39 is 6.04 Å². The van der Waals surface area contributed by atoms with Crippen molar-refractivity contribution in [3.05, 3.63) is 29.6 Å². The van der Waals surface area contributed by atoms with E-state index in [0.29, 0.717) is 18.9 Å². The lowest BCUT2D eigenvalue weighted by atomic mass is 10.0. The molecule has 3 N–H and O–H groups in total. The van der Waals surface area contributed by atoms with Crippen LogP contribution in [0.1, 0.15) is 31.4 Å². The molecule has 17 heavy (non-hydrogen) atoms. The summed E-state index contributed by atoms with van der Waals surface area (Å²) in [6.45, 7) is 6.60. The molecule has 1 amide bonds. The predicted molar refractivity (Wildman–Crippen MR) is 68.3 cm³/mol. The number of hydrogen-bond acceptors (Lipinski definition) is 3. The van der Waals surface area contributed by atoms with Gasteiger partial charge in [0.2, 0.25) is 5.91 Å². The van der Waals surface area contributed by atoms with Crippen LogP contribution in [0, 0.1) is 12.8 Å². The first-order valence-corrected chi connectivity index (χ1v) is 5.93. The van der Waals surface area contributed by atoms with E-state index in [1.165, 1.54) is 0 Å². The molecule has 0 aromatic carbocycles. The van der Waals surface area contributed by atoms with E-state index in [9.17, 15) is 4.79 Å². The molecule has 1 aromatic rings. The highest BCUT2D eigenvalue weighted by Crippen LogP contribution is 2.05. The maximum atomic E-state index is 11.7. The van der Waals surface area contributed by atoms with Gasteiger partial charge in [-0.1, -0.05) is 13.8 Å². The van der Waals surface area contributed by atoms with Crippen molar-refractivity contribution in [3.8, 4) is 0 Å². The van der Waals surface area contributed by atoms with Gasteiger partial charge in [0.15, 0.2) is 0 Å². The van der Waals surface area contributed by atoms with Gasteiger partial charge >= 0.3 is 0 Å². The Hall–Kier alpha value is -1.42. The van der Waals surface area contributed by atoms with Crippen LogP contribution in [-0.4, -0.2) is 16.9 Å². The van der Waals surface area contributed by atoms with Crippen LogP contribution in [0.25, 0.3) is 0 Å². The minimum absolute atomic E-state index is 0.0954. The van der Waals surface area contributed by atoms with Crippen LogP contribution in [0.3, 0.4) is 0 Å². The summed E-state index contributed by atoms with van der Waals surface area (Å²) in [6, 6.07) is 1.50. The van der Waals surface area contributed by atoms with Crippen molar-refractivity contribution in [2.24, 2.45) is 11.7 Å². The van der Waals surface area contributed by atoms with Crippen LogP contribution in [-0.2, 0) is 11.3 Å². The average molecular weight is 235 g/mol. The number of pyridine rings is 1. The molecule has 1 heterocycles. The van der Waals surface area contributed by atoms with E-state index in [2.05, 4.69) is 24.1 Å². The predicted octanol–water partition coefficient (Wildman–Crippen LogP) is 1.38. The molecule has 0 unspecified atom stereocenters. The largest absolute Gasteiger partial charge is 0.351 e. The molecule has 0 radical (unpaired) electrons. The zero-order valence-electron chi connectivity index (χ0n) is 10.7. The third-order valence-electron chi connectivity index (χ3n) is 2.66. The van der Waals surface area contributed by atoms with Gasteiger partial charge in [-0.25, -0.2) is 0 Å². The van der Waals surface area contributed by atoms with Crippen LogP contribution in [0.4, 0.5) is 0 Å². The summed E-state index contributed by atoms with van der Waals surface area (Å²) in [7, 11) is 0. The summed E-state index contributed by atoms with van der Waals surface area (Å²) in [5.41, 5.74) is 7.94. The Morgan fingerprint density at radius 3 is 2.82 bits per heavy atom.